The zero-order valence-corrected chi connectivity index (χ0v) is 19.3. The van der Waals surface area contributed by atoms with Crippen LogP contribution in [0.3, 0.4) is 0 Å². The number of carboxylic acid groups (broad SMARTS) is 1. The molecule has 1 unspecified atom stereocenters. The van der Waals surface area contributed by atoms with Crippen molar-refractivity contribution in [1.29, 1.82) is 0 Å². The number of hydrogen-bond donors (Lipinski definition) is 2. The van der Waals surface area contributed by atoms with Gasteiger partial charge in [-0.1, -0.05) is 32.0 Å². The Labute approximate surface area is 187 Å². The Morgan fingerprint density at radius 1 is 1.10 bits per heavy atom. The molecule has 1 aromatic heterocycles. The molecular weight excluding hydrogens is 408 g/mol. The number of nitrogens with zero attached hydrogens (tertiary/aromatic N) is 1. The standard InChI is InChI=1S/C25H30N2O3S/c1-16(2)15-21(24-17(3)20-7-5-6-8-22(20)31-24)26-19-11-9-18(10-12-19)25(30)27(4)14-13-23(28)29/h5-12,16,21,26H,13-15H2,1-4H3,(H,28,29). The van der Waals surface area contributed by atoms with E-state index in [0.717, 1.165) is 12.1 Å². The fourth-order valence-electron chi connectivity index (χ4n) is 3.72. The number of rotatable bonds is 9. The van der Waals surface area contributed by atoms with Crippen molar-refractivity contribution < 1.29 is 14.7 Å². The molecule has 0 saturated heterocycles. The van der Waals surface area contributed by atoms with Gasteiger partial charge < -0.3 is 15.3 Å². The second-order valence-electron chi connectivity index (χ2n) is 8.36. The quantitative estimate of drug-likeness (QED) is 0.433. The molecule has 2 N–H and O–H groups in total. The van der Waals surface area contributed by atoms with E-state index in [0.29, 0.717) is 11.5 Å². The van der Waals surface area contributed by atoms with Crippen LogP contribution in [0.15, 0.2) is 48.5 Å². The van der Waals surface area contributed by atoms with Crippen LogP contribution >= 0.6 is 11.3 Å². The lowest BCUT2D eigenvalue weighted by molar-refractivity contribution is -0.137. The zero-order chi connectivity index (χ0) is 22.5. The Balaban J connectivity index is 1.78. The minimum Gasteiger partial charge on any atom is -0.481 e. The normalized spacial score (nSPS) is 12.2. The van der Waals surface area contributed by atoms with Gasteiger partial charge in [-0.2, -0.15) is 0 Å². The predicted molar refractivity (Wildman–Crippen MR) is 128 cm³/mol. The number of hydrogen-bond acceptors (Lipinski definition) is 4. The number of aryl methyl sites for hydroxylation is 1. The number of benzene rings is 2. The monoisotopic (exact) mass is 438 g/mol. The molecule has 1 amide bonds. The maximum Gasteiger partial charge on any atom is 0.305 e. The molecule has 6 heteroatoms. The summed E-state index contributed by atoms with van der Waals surface area (Å²) in [6.07, 6.45) is 0.944. The predicted octanol–water partition coefficient (Wildman–Crippen LogP) is 5.96. The van der Waals surface area contributed by atoms with Gasteiger partial charge in [0.2, 0.25) is 0 Å². The number of carbonyl (C=O) groups is 2. The Morgan fingerprint density at radius 3 is 2.39 bits per heavy atom. The highest BCUT2D eigenvalue weighted by Crippen LogP contribution is 2.38. The summed E-state index contributed by atoms with van der Waals surface area (Å²) in [6.45, 7) is 6.84. The van der Waals surface area contributed by atoms with Gasteiger partial charge in [0.25, 0.3) is 5.91 Å². The molecule has 1 heterocycles. The molecule has 5 nitrogen and oxygen atoms in total. The molecule has 31 heavy (non-hydrogen) atoms. The maximum absolute atomic E-state index is 12.5. The number of anilines is 1. The van der Waals surface area contributed by atoms with E-state index in [1.807, 2.05) is 23.5 Å². The van der Waals surface area contributed by atoms with E-state index in [4.69, 9.17) is 5.11 Å². The lowest BCUT2D eigenvalue weighted by atomic mass is 9.99. The summed E-state index contributed by atoms with van der Waals surface area (Å²) in [7, 11) is 1.63. The largest absolute Gasteiger partial charge is 0.481 e. The molecule has 0 aliphatic heterocycles. The van der Waals surface area contributed by atoms with E-state index in [1.54, 1.807) is 19.2 Å². The van der Waals surface area contributed by atoms with E-state index in [1.165, 1.54) is 25.4 Å². The van der Waals surface area contributed by atoms with Crippen molar-refractivity contribution in [3.63, 3.8) is 0 Å². The van der Waals surface area contributed by atoms with E-state index < -0.39 is 5.97 Å². The first kappa shape index (κ1) is 22.8. The third kappa shape index (κ3) is 5.64. The second-order valence-corrected chi connectivity index (χ2v) is 9.45. The molecule has 0 aliphatic carbocycles. The van der Waals surface area contributed by atoms with Crippen molar-refractivity contribution in [1.82, 2.24) is 4.90 Å². The fourth-order valence-corrected chi connectivity index (χ4v) is 5.00. The van der Waals surface area contributed by atoms with Gasteiger partial charge in [0, 0.05) is 34.4 Å². The average molecular weight is 439 g/mol. The minimum atomic E-state index is -0.910. The molecule has 3 aromatic rings. The first-order valence-corrected chi connectivity index (χ1v) is 11.4. The maximum atomic E-state index is 12.5. The first-order chi connectivity index (χ1) is 14.8. The molecule has 1 atom stereocenters. The highest BCUT2D eigenvalue weighted by atomic mass is 32.1. The average Bonchev–Trinajstić information content (AvgIpc) is 3.08. The van der Waals surface area contributed by atoms with Crippen LogP contribution in [0.1, 0.15) is 53.5 Å². The lowest BCUT2D eigenvalue weighted by Crippen LogP contribution is -2.29. The summed E-state index contributed by atoms with van der Waals surface area (Å²) in [5.74, 6) is -0.551. The van der Waals surface area contributed by atoms with Gasteiger partial charge in [-0.15, -0.1) is 11.3 Å². The van der Waals surface area contributed by atoms with Crippen LogP contribution in [0.25, 0.3) is 10.1 Å². The Kier molecular flexibility index (Phi) is 7.33. The van der Waals surface area contributed by atoms with Crippen molar-refractivity contribution in [3.8, 4) is 0 Å². The second kappa shape index (κ2) is 9.96. The number of carbonyl (C=O) groups excluding carboxylic acids is 1. The molecule has 0 fully saturated rings. The SMILES string of the molecule is Cc1c(C(CC(C)C)Nc2ccc(C(=O)N(C)CCC(=O)O)cc2)sc2ccccc12. The van der Waals surface area contributed by atoms with Gasteiger partial charge in [0.1, 0.15) is 0 Å². The smallest absolute Gasteiger partial charge is 0.305 e. The van der Waals surface area contributed by atoms with Crippen LogP contribution in [0.2, 0.25) is 0 Å². The Bertz CT molecular complexity index is 1060. The number of fused-ring (bicyclic) bond motifs is 1. The third-order valence-electron chi connectivity index (χ3n) is 5.38. The molecule has 0 bridgehead atoms. The molecule has 0 spiro atoms. The van der Waals surface area contributed by atoms with Crippen LogP contribution in [0.5, 0.6) is 0 Å². The number of thiophene rings is 1. The van der Waals surface area contributed by atoms with Crippen LogP contribution in [-0.4, -0.2) is 35.5 Å². The van der Waals surface area contributed by atoms with E-state index in [2.05, 4.69) is 50.4 Å². The molecule has 3 rings (SSSR count). The number of aliphatic carboxylic acids is 1. The van der Waals surface area contributed by atoms with Crippen molar-refractivity contribution in [2.75, 3.05) is 18.9 Å². The third-order valence-corrected chi connectivity index (χ3v) is 6.77. The first-order valence-electron chi connectivity index (χ1n) is 10.6. The van der Waals surface area contributed by atoms with E-state index in [-0.39, 0.29) is 24.9 Å². The van der Waals surface area contributed by atoms with Gasteiger partial charge in [0.05, 0.1) is 12.5 Å². The van der Waals surface area contributed by atoms with Crippen LogP contribution in [-0.2, 0) is 4.79 Å². The highest BCUT2D eigenvalue weighted by molar-refractivity contribution is 7.19. The van der Waals surface area contributed by atoms with Crippen LogP contribution in [0, 0.1) is 12.8 Å². The Hall–Kier alpha value is -2.86. The molecule has 0 saturated carbocycles. The summed E-state index contributed by atoms with van der Waals surface area (Å²) in [6, 6.07) is 16.1. The summed E-state index contributed by atoms with van der Waals surface area (Å²) < 4.78 is 1.30. The molecule has 2 aromatic carbocycles. The van der Waals surface area contributed by atoms with Crippen LogP contribution in [0.4, 0.5) is 5.69 Å². The van der Waals surface area contributed by atoms with Gasteiger partial charge in [0.15, 0.2) is 0 Å². The van der Waals surface area contributed by atoms with Gasteiger partial charge in [-0.3, -0.25) is 9.59 Å². The lowest BCUT2D eigenvalue weighted by Gasteiger charge is -2.22. The van der Waals surface area contributed by atoms with Gasteiger partial charge in [-0.05, 0) is 60.5 Å². The summed E-state index contributed by atoms with van der Waals surface area (Å²) in [4.78, 5) is 26.0. The van der Waals surface area contributed by atoms with E-state index >= 15 is 0 Å². The van der Waals surface area contributed by atoms with Crippen LogP contribution < -0.4 is 5.32 Å². The number of nitrogens with one attached hydrogen (secondary N) is 1. The molecule has 164 valence electrons. The summed E-state index contributed by atoms with van der Waals surface area (Å²) in [5.41, 5.74) is 2.84. The molecule has 0 radical (unpaired) electrons. The van der Waals surface area contributed by atoms with E-state index in [9.17, 15) is 9.59 Å². The fraction of sp³-hybridized carbons (Fsp3) is 0.360. The molecular formula is C25H30N2O3S. The summed E-state index contributed by atoms with van der Waals surface area (Å²) >= 11 is 1.84. The topological polar surface area (TPSA) is 69.6 Å². The molecule has 0 aliphatic rings. The number of carboxylic acids is 1. The van der Waals surface area contributed by atoms with Crippen molar-refractivity contribution in [2.24, 2.45) is 5.92 Å². The van der Waals surface area contributed by atoms with Crippen molar-refractivity contribution in [2.45, 2.75) is 39.7 Å². The summed E-state index contributed by atoms with van der Waals surface area (Å²) in [5, 5.41) is 13.8. The Morgan fingerprint density at radius 2 is 1.77 bits per heavy atom. The van der Waals surface area contributed by atoms with Crippen molar-refractivity contribution >= 4 is 39.0 Å². The van der Waals surface area contributed by atoms with Gasteiger partial charge in [-0.25, -0.2) is 0 Å². The minimum absolute atomic E-state index is 0.0622. The number of amides is 1. The van der Waals surface area contributed by atoms with Gasteiger partial charge >= 0.3 is 5.97 Å². The van der Waals surface area contributed by atoms with Crippen molar-refractivity contribution in [3.05, 3.63) is 64.5 Å². The highest BCUT2D eigenvalue weighted by Gasteiger charge is 2.20. The zero-order valence-electron chi connectivity index (χ0n) is 18.5.